The predicted molar refractivity (Wildman–Crippen MR) is 53.7 cm³/mol. The van der Waals surface area contributed by atoms with Gasteiger partial charge in [-0.15, -0.1) is 11.8 Å². The lowest BCUT2D eigenvalue weighted by atomic mass is 9.95. The van der Waals surface area contributed by atoms with Gasteiger partial charge < -0.3 is 0 Å². The van der Waals surface area contributed by atoms with Gasteiger partial charge in [0.25, 0.3) is 0 Å². The van der Waals surface area contributed by atoms with Gasteiger partial charge >= 0.3 is 0 Å². The minimum absolute atomic E-state index is 0.319. The zero-order valence-electron chi connectivity index (χ0n) is 7.72. The topological polar surface area (TPSA) is 0 Å². The van der Waals surface area contributed by atoms with Crippen LogP contribution >= 0.6 is 11.8 Å². The van der Waals surface area contributed by atoms with E-state index in [1.807, 2.05) is 11.8 Å². The molecule has 0 N–H and O–H groups in total. The third kappa shape index (κ3) is 1.90. The van der Waals surface area contributed by atoms with Crippen molar-refractivity contribution in [1.29, 1.82) is 0 Å². The molecule has 1 unspecified atom stereocenters. The minimum atomic E-state index is 0.319. The highest BCUT2D eigenvalue weighted by Gasteiger charge is 2.26. The van der Waals surface area contributed by atoms with Gasteiger partial charge in [-0.05, 0) is 30.7 Å². The summed E-state index contributed by atoms with van der Waals surface area (Å²) in [5, 5.41) is 2.25. The lowest BCUT2D eigenvalue weighted by Gasteiger charge is -2.30. The molecule has 1 aliphatic heterocycles. The van der Waals surface area contributed by atoms with Crippen molar-refractivity contribution in [2.24, 2.45) is 5.92 Å². The third-order valence-electron chi connectivity index (χ3n) is 2.32. The maximum atomic E-state index is 2.32. The molecule has 0 aliphatic carbocycles. The maximum Gasteiger partial charge on any atom is 0.0378 e. The van der Waals surface area contributed by atoms with Crippen molar-refractivity contribution in [2.75, 3.05) is 0 Å². The van der Waals surface area contributed by atoms with Crippen LogP contribution in [0.3, 0.4) is 0 Å². The Labute approximate surface area is 73.8 Å². The fourth-order valence-corrected chi connectivity index (χ4v) is 1.86. The van der Waals surface area contributed by atoms with E-state index >= 15 is 0 Å². The lowest BCUT2D eigenvalue weighted by molar-refractivity contribution is 0.548. The highest BCUT2D eigenvalue weighted by atomic mass is 32.2. The first kappa shape index (κ1) is 8.92. The highest BCUT2D eigenvalue weighted by molar-refractivity contribution is 8.03. The van der Waals surface area contributed by atoms with Crippen molar-refractivity contribution in [3.8, 4) is 0 Å². The van der Waals surface area contributed by atoms with Gasteiger partial charge in [-0.1, -0.05) is 26.0 Å². The van der Waals surface area contributed by atoms with Gasteiger partial charge in [0, 0.05) is 4.75 Å². The molecule has 1 rings (SSSR count). The quantitative estimate of drug-likeness (QED) is 0.576. The third-order valence-corrected chi connectivity index (χ3v) is 3.93. The Hall–Kier alpha value is -0.170. The summed E-state index contributed by atoms with van der Waals surface area (Å²) < 4.78 is 0.319. The van der Waals surface area contributed by atoms with E-state index in [1.165, 1.54) is 5.57 Å². The fraction of sp³-hybridized carbons (Fsp3) is 0.600. The molecule has 1 heterocycles. The number of hydrogen-bond acceptors (Lipinski definition) is 1. The molecule has 0 bridgehead atoms. The summed E-state index contributed by atoms with van der Waals surface area (Å²) in [7, 11) is 0. The molecular weight excluding hydrogens is 152 g/mol. The van der Waals surface area contributed by atoms with E-state index in [0.717, 1.165) is 0 Å². The van der Waals surface area contributed by atoms with Crippen LogP contribution in [-0.4, -0.2) is 4.75 Å². The summed E-state index contributed by atoms with van der Waals surface area (Å²) in [6.07, 6.45) is 4.54. The molecule has 0 fully saturated rings. The Bertz CT molecular complexity index is 201. The zero-order chi connectivity index (χ0) is 8.48. The van der Waals surface area contributed by atoms with Crippen LogP contribution < -0.4 is 0 Å². The Balaban J connectivity index is 2.74. The SMILES string of the molecule is CC1=CSC(C)(C(C)C)C=C1. The van der Waals surface area contributed by atoms with Crippen molar-refractivity contribution < 1.29 is 0 Å². The molecule has 0 radical (unpaired) electrons. The minimum Gasteiger partial charge on any atom is -0.123 e. The van der Waals surface area contributed by atoms with Crippen LogP contribution in [0.25, 0.3) is 0 Å². The van der Waals surface area contributed by atoms with E-state index in [9.17, 15) is 0 Å². The normalized spacial score (nSPS) is 30.8. The van der Waals surface area contributed by atoms with Crippen molar-refractivity contribution in [1.82, 2.24) is 0 Å². The number of rotatable bonds is 1. The molecule has 0 aromatic carbocycles. The second-order valence-corrected chi connectivity index (χ2v) is 5.00. The van der Waals surface area contributed by atoms with Gasteiger partial charge in [-0.25, -0.2) is 0 Å². The van der Waals surface area contributed by atoms with Crippen LogP contribution in [0, 0.1) is 5.92 Å². The van der Waals surface area contributed by atoms with Crippen LogP contribution in [0.1, 0.15) is 27.7 Å². The Morgan fingerprint density at radius 1 is 1.45 bits per heavy atom. The zero-order valence-corrected chi connectivity index (χ0v) is 8.53. The van der Waals surface area contributed by atoms with Crippen molar-refractivity contribution in [3.63, 3.8) is 0 Å². The van der Waals surface area contributed by atoms with E-state index in [2.05, 4.69) is 45.3 Å². The molecular formula is C10H16S. The summed E-state index contributed by atoms with van der Waals surface area (Å²) in [6, 6.07) is 0. The number of allylic oxidation sites excluding steroid dienone is 2. The summed E-state index contributed by atoms with van der Waals surface area (Å²) in [4.78, 5) is 0. The van der Waals surface area contributed by atoms with E-state index in [-0.39, 0.29) is 0 Å². The molecule has 62 valence electrons. The summed E-state index contributed by atoms with van der Waals surface area (Å²) in [5.74, 6) is 0.702. The summed E-state index contributed by atoms with van der Waals surface area (Å²) >= 11 is 1.93. The molecule has 1 atom stereocenters. The van der Waals surface area contributed by atoms with Crippen LogP contribution in [0.4, 0.5) is 0 Å². The van der Waals surface area contributed by atoms with E-state index < -0.39 is 0 Å². The van der Waals surface area contributed by atoms with Gasteiger partial charge in [-0.2, -0.15) is 0 Å². The van der Waals surface area contributed by atoms with Crippen LogP contribution in [0.15, 0.2) is 23.1 Å². The Morgan fingerprint density at radius 3 is 2.45 bits per heavy atom. The fourth-order valence-electron chi connectivity index (χ4n) is 0.924. The summed E-state index contributed by atoms with van der Waals surface area (Å²) in [6.45, 7) is 8.98. The Morgan fingerprint density at radius 2 is 2.09 bits per heavy atom. The molecule has 1 heteroatoms. The molecule has 0 spiro atoms. The standard InChI is InChI=1S/C10H16S/c1-8(2)10(4)6-5-9(3)7-11-10/h5-8H,1-4H3. The largest absolute Gasteiger partial charge is 0.123 e. The van der Waals surface area contributed by atoms with Crippen LogP contribution in [0.2, 0.25) is 0 Å². The van der Waals surface area contributed by atoms with Crippen molar-refractivity contribution in [2.45, 2.75) is 32.4 Å². The first-order chi connectivity index (χ1) is 5.04. The molecule has 11 heavy (non-hydrogen) atoms. The number of hydrogen-bond donors (Lipinski definition) is 0. The highest BCUT2D eigenvalue weighted by Crippen LogP contribution is 2.38. The molecule has 0 saturated heterocycles. The first-order valence-corrected chi connectivity index (χ1v) is 4.96. The average Bonchev–Trinajstić information content (AvgIpc) is 1.95. The summed E-state index contributed by atoms with van der Waals surface area (Å²) in [5.41, 5.74) is 1.37. The molecule has 0 amide bonds. The lowest BCUT2D eigenvalue weighted by Crippen LogP contribution is -2.24. The molecule has 1 aliphatic rings. The van der Waals surface area contributed by atoms with E-state index in [4.69, 9.17) is 0 Å². The second kappa shape index (κ2) is 3.06. The van der Waals surface area contributed by atoms with Crippen LogP contribution in [-0.2, 0) is 0 Å². The van der Waals surface area contributed by atoms with Crippen molar-refractivity contribution in [3.05, 3.63) is 23.1 Å². The molecule has 0 aromatic rings. The van der Waals surface area contributed by atoms with Crippen LogP contribution in [0.5, 0.6) is 0 Å². The van der Waals surface area contributed by atoms with Crippen molar-refractivity contribution >= 4 is 11.8 Å². The van der Waals surface area contributed by atoms with Gasteiger partial charge in [0.2, 0.25) is 0 Å². The number of thioether (sulfide) groups is 1. The van der Waals surface area contributed by atoms with Gasteiger partial charge in [0.05, 0.1) is 0 Å². The monoisotopic (exact) mass is 168 g/mol. The first-order valence-electron chi connectivity index (χ1n) is 4.08. The predicted octanol–water partition coefficient (Wildman–Crippen LogP) is 3.61. The van der Waals surface area contributed by atoms with E-state index in [1.54, 1.807) is 0 Å². The van der Waals surface area contributed by atoms with Gasteiger partial charge in [-0.3, -0.25) is 0 Å². The Kier molecular flexibility index (Phi) is 2.48. The molecule has 0 saturated carbocycles. The molecule has 0 nitrogen and oxygen atoms in total. The van der Waals surface area contributed by atoms with Gasteiger partial charge in [0.15, 0.2) is 0 Å². The van der Waals surface area contributed by atoms with E-state index in [0.29, 0.717) is 10.7 Å². The smallest absolute Gasteiger partial charge is 0.0378 e. The maximum absolute atomic E-state index is 2.32. The molecule has 0 aromatic heterocycles. The van der Waals surface area contributed by atoms with Gasteiger partial charge in [0.1, 0.15) is 0 Å². The average molecular weight is 168 g/mol. The second-order valence-electron chi connectivity index (χ2n) is 3.65.